The van der Waals surface area contributed by atoms with Gasteiger partial charge in [-0.2, -0.15) is 0 Å². The maximum absolute atomic E-state index is 13.1. The van der Waals surface area contributed by atoms with Crippen LogP contribution in [0.3, 0.4) is 0 Å². The van der Waals surface area contributed by atoms with Crippen LogP contribution >= 0.6 is 15.6 Å². The van der Waals surface area contributed by atoms with E-state index in [1.54, 1.807) is 0 Å². The Morgan fingerprint density at radius 2 is 0.515 bits per heavy atom. The van der Waals surface area contributed by atoms with Crippen LogP contribution in [-0.2, 0) is 65.4 Å². The van der Waals surface area contributed by atoms with Gasteiger partial charge in [-0.05, 0) is 43.4 Å². The molecule has 0 radical (unpaired) electrons. The van der Waals surface area contributed by atoms with Crippen molar-refractivity contribution in [3.63, 3.8) is 0 Å². The SMILES string of the molecule is CCCCCCCCCCCCCCCCCCC(=O)O[C@H](COC(=O)CCCCCCCCC(C)C)COP(=O)(O)OC[C@H](O)COP(=O)(O)OC[C@@H](COC(=O)CCCCCCCCCCCCCCCC(C)C)OC(=O)CCCCCCCCCCCCCCCCC(C)CC. The summed E-state index contributed by atoms with van der Waals surface area (Å²) in [5.74, 6) is 0.203. The number of phosphoric ester groups is 2. The van der Waals surface area contributed by atoms with E-state index in [2.05, 4.69) is 48.5 Å². The van der Waals surface area contributed by atoms with Crippen LogP contribution in [-0.4, -0.2) is 96.7 Å². The first-order valence-corrected chi connectivity index (χ1v) is 44.4. The Bertz CT molecular complexity index is 1920. The van der Waals surface area contributed by atoms with E-state index in [9.17, 15) is 43.2 Å². The minimum atomic E-state index is -4.96. The number of hydrogen-bond acceptors (Lipinski definition) is 15. The number of aliphatic hydroxyl groups is 1. The fourth-order valence-electron chi connectivity index (χ4n) is 12.3. The maximum atomic E-state index is 13.1. The van der Waals surface area contributed by atoms with Gasteiger partial charge < -0.3 is 33.8 Å². The van der Waals surface area contributed by atoms with Crippen molar-refractivity contribution in [1.29, 1.82) is 0 Å². The lowest BCUT2D eigenvalue weighted by molar-refractivity contribution is -0.161. The molecule has 0 aliphatic heterocycles. The summed E-state index contributed by atoms with van der Waals surface area (Å²) in [5.41, 5.74) is 0. The Balaban J connectivity index is 5.23. The number of carbonyl (C=O) groups excluding carboxylic acids is 4. The molecule has 3 N–H and O–H groups in total. The molecule has 19 heteroatoms. The monoisotopic (exact) mass is 1450 g/mol. The van der Waals surface area contributed by atoms with E-state index in [0.29, 0.717) is 31.6 Å². The zero-order valence-corrected chi connectivity index (χ0v) is 66.8. The van der Waals surface area contributed by atoms with E-state index in [4.69, 9.17) is 37.0 Å². The zero-order valence-electron chi connectivity index (χ0n) is 65.0. The molecule has 588 valence electrons. The fourth-order valence-corrected chi connectivity index (χ4v) is 13.9. The molecule has 0 aromatic heterocycles. The van der Waals surface area contributed by atoms with Crippen LogP contribution in [0.1, 0.15) is 414 Å². The van der Waals surface area contributed by atoms with E-state index in [1.165, 1.54) is 218 Å². The van der Waals surface area contributed by atoms with Gasteiger partial charge in [-0.15, -0.1) is 0 Å². The topological polar surface area (TPSA) is 237 Å². The van der Waals surface area contributed by atoms with E-state index in [0.717, 1.165) is 108 Å². The molecule has 0 aliphatic rings. The Morgan fingerprint density at radius 1 is 0.293 bits per heavy atom. The summed E-state index contributed by atoms with van der Waals surface area (Å²) >= 11 is 0. The third kappa shape index (κ3) is 72.8. The minimum absolute atomic E-state index is 0.107. The highest BCUT2D eigenvalue weighted by Crippen LogP contribution is 2.45. The van der Waals surface area contributed by atoms with Crippen LogP contribution in [0.5, 0.6) is 0 Å². The number of unbranched alkanes of at least 4 members (excludes halogenated alkanes) is 45. The molecule has 0 rings (SSSR count). The normalized spacial score (nSPS) is 14.3. The molecule has 0 bridgehead atoms. The zero-order chi connectivity index (χ0) is 73.0. The summed E-state index contributed by atoms with van der Waals surface area (Å²) in [4.78, 5) is 73.0. The Kier molecular flexibility index (Phi) is 69.0. The molecule has 0 aromatic rings. The number of aliphatic hydroxyl groups excluding tert-OH is 1. The summed E-state index contributed by atoms with van der Waals surface area (Å²) in [6.07, 6.45) is 58.3. The van der Waals surface area contributed by atoms with Crippen molar-refractivity contribution in [2.24, 2.45) is 17.8 Å². The van der Waals surface area contributed by atoms with Crippen LogP contribution in [0.2, 0.25) is 0 Å². The number of rotatable bonds is 78. The molecule has 0 aliphatic carbocycles. The fraction of sp³-hybridized carbons (Fsp3) is 0.950. The second-order valence-electron chi connectivity index (χ2n) is 30.0. The summed E-state index contributed by atoms with van der Waals surface area (Å²) in [6.45, 7) is 11.9. The lowest BCUT2D eigenvalue weighted by Gasteiger charge is -2.21. The number of phosphoric acid groups is 2. The van der Waals surface area contributed by atoms with Gasteiger partial charge in [-0.25, -0.2) is 9.13 Å². The van der Waals surface area contributed by atoms with Gasteiger partial charge in [0.05, 0.1) is 26.4 Å². The molecule has 0 spiro atoms. The van der Waals surface area contributed by atoms with Crippen molar-refractivity contribution in [3.8, 4) is 0 Å². The van der Waals surface area contributed by atoms with Gasteiger partial charge in [-0.3, -0.25) is 37.3 Å². The summed E-state index contributed by atoms with van der Waals surface area (Å²) in [5, 5.41) is 10.6. The molecule has 0 saturated heterocycles. The smallest absolute Gasteiger partial charge is 0.462 e. The quantitative estimate of drug-likeness (QED) is 0.0222. The molecular formula is C80H156O17P2. The second-order valence-corrected chi connectivity index (χ2v) is 32.9. The highest BCUT2D eigenvalue weighted by Gasteiger charge is 2.30. The van der Waals surface area contributed by atoms with Gasteiger partial charge in [0.15, 0.2) is 12.2 Å². The van der Waals surface area contributed by atoms with Gasteiger partial charge >= 0.3 is 39.5 Å². The maximum Gasteiger partial charge on any atom is 0.472 e. The van der Waals surface area contributed by atoms with Crippen LogP contribution in [0.25, 0.3) is 0 Å². The lowest BCUT2D eigenvalue weighted by Crippen LogP contribution is -2.30. The first-order chi connectivity index (χ1) is 47.8. The number of ether oxygens (including phenoxy) is 4. The molecule has 99 heavy (non-hydrogen) atoms. The number of hydrogen-bond donors (Lipinski definition) is 3. The molecular weight excluding hydrogens is 1290 g/mol. The third-order valence-corrected chi connectivity index (χ3v) is 20.9. The van der Waals surface area contributed by atoms with Gasteiger partial charge in [0, 0.05) is 25.7 Å². The van der Waals surface area contributed by atoms with E-state index in [1.807, 2.05) is 0 Å². The largest absolute Gasteiger partial charge is 0.472 e. The standard InChI is InChI=1S/C80H156O17P2/c1-8-10-11-12-13-14-15-16-17-18-24-30-35-40-49-56-64-80(85)97-76(68-91-78(83)62-55-48-43-42-45-52-59-72(5)6)70-95-99(88,89)93-66-74(81)65-92-98(86,87)94-69-75(67-90-77(82)61-54-47-39-34-29-26-21-22-27-32-37-44-51-58-71(3)4)96-79(84)63-57-50-41-36-31-25-20-19-23-28-33-38-46-53-60-73(7)9-2/h71-76,81H,8-70H2,1-7H3,(H,86,87)(H,88,89)/t73?,74-,75-,76-/m1/s1. The van der Waals surface area contributed by atoms with Crippen molar-refractivity contribution in [3.05, 3.63) is 0 Å². The van der Waals surface area contributed by atoms with E-state index < -0.39 is 97.5 Å². The third-order valence-electron chi connectivity index (χ3n) is 19.0. The lowest BCUT2D eigenvalue weighted by atomic mass is 9.99. The highest BCUT2D eigenvalue weighted by molar-refractivity contribution is 7.47. The van der Waals surface area contributed by atoms with Gasteiger partial charge in [0.2, 0.25) is 0 Å². The number of carbonyl (C=O) groups is 4. The Labute approximate surface area is 607 Å². The molecule has 0 amide bonds. The van der Waals surface area contributed by atoms with Crippen molar-refractivity contribution in [1.82, 2.24) is 0 Å². The van der Waals surface area contributed by atoms with Crippen molar-refractivity contribution >= 4 is 39.5 Å². The molecule has 0 fully saturated rings. The average molecular weight is 1450 g/mol. The predicted octanol–water partition coefficient (Wildman–Crippen LogP) is 23.7. The molecule has 0 saturated carbocycles. The second kappa shape index (κ2) is 70.4. The van der Waals surface area contributed by atoms with Crippen LogP contribution in [0.4, 0.5) is 0 Å². The van der Waals surface area contributed by atoms with Crippen LogP contribution < -0.4 is 0 Å². The van der Waals surface area contributed by atoms with E-state index in [-0.39, 0.29) is 25.7 Å². The minimum Gasteiger partial charge on any atom is -0.462 e. The van der Waals surface area contributed by atoms with Gasteiger partial charge in [-0.1, -0.05) is 363 Å². The van der Waals surface area contributed by atoms with Crippen molar-refractivity contribution in [2.75, 3.05) is 39.6 Å². The molecule has 0 aromatic carbocycles. The summed E-state index contributed by atoms with van der Waals surface area (Å²) < 4.78 is 68.7. The molecule has 3 unspecified atom stereocenters. The molecule has 17 nitrogen and oxygen atoms in total. The highest BCUT2D eigenvalue weighted by atomic mass is 31.2. The molecule has 6 atom stereocenters. The molecule has 0 heterocycles. The predicted molar refractivity (Wildman–Crippen MR) is 405 cm³/mol. The summed E-state index contributed by atoms with van der Waals surface area (Å²) in [6, 6.07) is 0. The van der Waals surface area contributed by atoms with E-state index >= 15 is 0 Å². The van der Waals surface area contributed by atoms with Gasteiger partial charge in [0.1, 0.15) is 19.3 Å². The van der Waals surface area contributed by atoms with Crippen LogP contribution in [0, 0.1) is 17.8 Å². The summed E-state index contributed by atoms with van der Waals surface area (Å²) in [7, 11) is -9.92. The van der Waals surface area contributed by atoms with Crippen LogP contribution in [0.15, 0.2) is 0 Å². The first-order valence-electron chi connectivity index (χ1n) is 41.4. The van der Waals surface area contributed by atoms with Crippen molar-refractivity contribution < 1.29 is 80.2 Å². The average Bonchev–Trinajstić information content (AvgIpc) is 2.99. The first kappa shape index (κ1) is 97.1. The number of esters is 4. The van der Waals surface area contributed by atoms with Crippen molar-refractivity contribution in [2.45, 2.75) is 433 Å². The Hall–Kier alpha value is -1.94. The van der Waals surface area contributed by atoms with Gasteiger partial charge in [0.25, 0.3) is 0 Å². The Morgan fingerprint density at radius 3 is 0.768 bits per heavy atom.